The minimum Gasteiger partial charge on any atom is -0.310 e. The molecule has 0 fully saturated rings. The standard InChI is InChI=1S/C63H43N3/c1-63(2)53-29-13-17-33-59(53)64(40-19-4-3-5-20-40)61-39-51-49-28-18-34-60(62(49)48-27-9-8-22-43(48)42-21-6-7-23-44(42)50(51)38-54(61)63)66-57-32-16-12-26-47(57)52-37-41(35-36-58(52)66)65-55-30-14-10-24-45(55)46-25-11-15-31-56(46)65/h3-39H,1-2H3. The van der Waals surface area contributed by atoms with Crippen LogP contribution in [0.4, 0.5) is 17.1 Å². The van der Waals surface area contributed by atoms with Gasteiger partial charge < -0.3 is 14.0 Å². The van der Waals surface area contributed by atoms with Crippen LogP contribution in [-0.2, 0) is 5.41 Å². The molecule has 2 aliphatic rings. The summed E-state index contributed by atoms with van der Waals surface area (Å²) in [5.74, 6) is 0. The van der Waals surface area contributed by atoms with Gasteiger partial charge in [-0.2, -0.15) is 0 Å². The summed E-state index contributed by atoms with van der Waals surface area (Å²) in [5.41, 5.74) is 22.9. The van der Waals surface area contributed by atoms with Crippen LogP contribution in [0.25, 0.3) is 99.5 Å². The number of nitrogens with zero attached hydrogens (tertiary/aromatic N) is 3. The first kappa shape index (κ1) is 37.0. The number of rotatable bonds is 3. The van der Waals surface area contributed by atoms with Gasteiger partial charge in [-0.3, -0.25) is 0 Å². The van der Waals surface area contributed by atoms with Crippen molar-refractivity contribution in [2.45, 2.75) is 19.3 Å². The van der Waals surface area contributed by atoms with Crippen molar-refractivity contribution in [1.82, 2.24) is 9.13 Å². The highest BCUT2D eigenvalue weighted by Crippen LogP contribution is 2.57. The quantitative estimate of drug-likeness (QED) is 0.173. The van der Waals surface area contributed by atoms with Gasteiger partial charge in [0.1, 0.15) is 0 Å². The predicted octanol–water partition coefficient (Wildman–Crippen LogP) is 17.0. The number of anilines is 3. The predicted molar refractivity (Wildman–Crippen MR) is 277 cm³/mol. The Morgan fingerprint density at radius 3 is 1.50 bits per heavy atom. The minimum atomic E-state index is -0.257. The molecule has 12 aromatic rings. The van der Waals surface area contributed by atoms with Gasteiger partial charge in [0.05, 0.1) is 39.1 Å². The van der Waals surface area contributed by atoms with Crippen LogP contribution < -0.4 is 4.90 Å². The van der Waals surface area contributed by atoms with Crippen LogP contribution in [0.2, 0.25) is 0 Å². The lowest BCUT2D eigenvalue weighted by Crippen LogP contribution is -2.30. The summed E-state index contributed by atoms with van der Waals surface area (Å²) in [4.78, 5) is 2.49. The van der Waals surface area contributed by atoms with Crippen LogP contribution in [0.1, 0.15) is 25.0 Å². The Kier molecular flexibility index (Phi) is 7.74. The van der Waals surface area contributed by atoms with Crippen LogP contribution in [0, 0.1) is 0 Å². The van der Waals surface area contributed by atoms with E-state index in [2.05, 4.69) is 252 Å². The van der Waals surface area contributed by atoms with Gasteiger partial charge in [0.15, 0.2) is 0 Å². The van der Waals surface area contributed by atoms with Gasteiger partial charge in [0.25, 0.3) is 0 Å². The molecule has 0 saturated heterocycles. The highest BCUT2D eigenvalue weighted by molar-refractivity contribution is 6.14. The monoisotopic (exact) mass is 841 g/mol. The summed E-state index contributed by atoms with van der Waals surface area (Å²) in [7, 11) is 0. The molecule has 3 heteroatoms. The molecule has 66 heavy (non-hydrogen) atoms. The fraction of sp³-hybridized carbons (Fsp3) is 0.0476. The molecule has 2 aromatic heterocycles. The molecule has 0 saturated carbocycles. The number of para-hydroxylation sites is 5. The van der Waals surface area contributed by atoms with Crippen molar-refractivity contribution in [2.24, 2.45) is 0 Å². The van der Waals surface area contributed by atoms with E-state index in [1.807, 2.05) is 0 Å². The van der Waals surface area contributed by atoms with Crippen molar-refractivity contribution in [3.8, 4) is 55.9 Å². The Hall–Kier alpha value is -8.40. The van der Waals surface area contributed by atoms with Crippen molar-refractivity contribution < 1.29 is 0 Å². The zero-order valence-electron chi connectivity index (χ0n) is 36.7. The Morgan fingerprint density at radius 2 is 0.788 bits per heavy atom. The molecule has 10 aromatic carbocycles. The van der Waals surface area contributed by atoms with E-state index in [9.17, 15) is 0 Å². The van der Waals surface area contributed by atoms with Crippen molar-refractivity contribution in [3.05, 3.63) is 236 Å². The maximum absolute atomic E-state index is 2.52. The van der Waals surface area contributed by atoms with Crippen molar-refractivity contribution in [2.75, 3.05) is 4.90 Å². The van der Waals surface area contributed by atoms with E-state index in [1.54, 1.807) is 0 Å². The maximum Gasteiger partial charge on any atom is 0.0547 e. The summed E-state index contributed by atoms with van der Waals surface area (Å²) < 4.78 is 4.95. The van der Waals surface area contributed by atoms with Crippen LogP contribution in [-0.4, -0.2) is 9.13 Å². The van der Waals surface area contributed by atoms with Gasteiger partial charge in [-0.05, 0) is 123 Å². The van der Waals surface area contributed by atoms with Gasteiger partial charge in [-0.15, -0.1) is 0 Å². The van der Waals surface area contributed by atoms with Gasteiger partial charge in [0, 0.05) is 43.9 Å². The summed E-state index contributed by atoms with van der Waals surface area (Å²) in [6, 6.07) is 83.5. The lowest BCUT2D eigenvalue weighted by molar-refractivity contribution is 0.632. The molecule has 0 N–H and O–H groups in total. The fourth-order valence-corrected chi connectivity index (χ4v) is 11.7. The zero-order valence-corrected chi connectivity index (χ0v) is 36.7. The lowest BCUT2D eigenvalue weighted by atomic mass is 9.71. The molecule has 1 aliphatic heterocycles. The molecule has 3 heterocycles. The Balaban J connectivity index is 1.08. The number of fused-ring (bicyclic) bond motifs is 16. The second kappa shape index (κ2) is 13.8. The second-order valence-corrected chi connectivity index (χ2v) is 18.4. The van der Waals surface area contributed by atoms with E-state index >= 15 is 0 Å². The first-order valence-electron chi connectivity index (χ1n) is 23.0. The lowest BCUT2D eigenvalue weighted by Gasteiger charge is -2.43. The summed E-state index contributed by atoms with van der Waals surface area (Å²) in [6.07, 6.45) is 0. The van der Waals surface area contributed by atoms with E-state index in [0.29, 0.717) is 0 Å². The van der Waals surface area contributed by atoms with Gasteiger partial charge >= 0.3 is 0 Å². The van der Waals surface area contributed by atoms with Gasteiger partial charge in [-0.1, -0.05) is 166 Å². The van der Waals surface area contributed by atoms with E-state index in [4.69, 9.17) is 0 Å². The first-order chi connectivity index (χ1) is 32.5. The van der Waals surface area contributed by atoms with Crippen LogP contribution >= 0.6 is 0 Å². The molecule has 0 radical (unpaired) electrons. The maximum atomic E-state index is 2.52. The van der Waals surface area contributed by atoms with Crippen molar-refractivity contribution in [3.63, 3.8) is 0 Å². The van der Waals surface area contributed by atoms with Crippen LogP contribution in [0.5, 0.6) is 0 Å². The Morgan fingerprint density at radius 1 is 0.288 bits per heavy atom. The van der Waals surface area contributed by atoms with E-state index < -0.39 is 0 Å². The molecule has 0 atom stereocenters. The Labute approximate surface area is 383 Å². The average Bonchev–Trinajstić information content (AvgIpc) is 3.88. The summed E-state index contributed by atoms with van der Waals surface area (Å²) in [6.45, 7) is 4.79. The number of benzene rings is 10. The van der Waals surface area contributed by atoms with E-state index in [-0.39, 0.29) is 5.41 Å². The third-order valence-electron chi connectivity index (χ3n) is 14.7. The zero-order chi connectivity index (χ0) is 43.7. The average molecular weight is 842 g/mol. The van der Waals surface area contributed by atoms with Crippen molar-refractivity contribution in [1.29, 1.82) is 0 Å². The number of aromatic nitrogens is 2. The largest absolute Gasteiger partial charge is 0.310 e. The molecular weight excluding hydrogens is 799 g/mol. The van der Waals surface area contributed by atoms with Crippen LogP contribution in [0.15, 0.2) is 224 Å². The van der Waals surface area contributed by atoms with Crippen LogP contribution in [0.3, 0.4) is 0 Å². The smallest absolute Gasteiger partial charge is 0.0547 e. The normalized spacial score (nSPS) is 13.4. The SMILES string of the molecule is CC1(C)c2ccccc2N(c2ccccc2)c2cc3c(cc21)-c1ccccc1-c1ccccc1-c1c-3cccc1-n1c2ccccc2c2cc(-n3c4ccccc4c4ccccc43)ccc21. The van der Waals surface area contributed by atoms with Gasteiger partial charge in [0.2, 0.25) is 0 Å². The third-order valence-corrected chi connectivity index (χ3v) is 14.7. The highest BCUT2D eigenvalue weighted by Gasteiger charge is 2.39. The molecule has 0 amide bonds. The van der Waals surface area contributed by atoms with E-state index in [1.165, 1.54) is 111 Å². The molecule has 14 rings (SSSR count). The minimum absolute atomic E-state index is 0.257. The van der Waals surface area contributed by atoms with Crippen molar-refractivity contribution >= 4 is 60.7 Å². The summed E-state index contributed by atoms with van der Waals surface area (Å²) >= 11 is 0. The fourth-order valence-electron chi connectivity index (χ4n) is 11.7. The highest BCUT2D eigenvalue weighted by atomic mass is 15.2. The number of hydrogen-bond acceptors (Lipinski definition) is 1. The first-order valence-corrected chi connectivity index (χ1v) is 23.0. The molecule has 0 spiro atoms. The Bertz CT molecular complexity index is 3920. The molecule has 3 nitrogen and oxygen atoms in total. The molecular formula is C63H43N3. The molecule has 1 aliphatic carbocycles. The molecule has 310 valence electrons. The third kappa shape index (κ3) is 5.08. The van der Waals surface area contributed by atoms with Gasteiger partial charge in [-0.25, -0.2) is 0 Å². The summed E-state index contributed by atoms with van der Waals surface area (Å²) in [5, 5.41) is 4.98. The van der Waals surface area contributed by atoms with E-state index in [0.717, 1.165) is 17.1 Å². The number of hydrogen-bond donors (Lipinski definition) is 0. The molecule has 0 bridgehead atoms. The second-order valence-electron chi connectivity index (χ2n) is 18.4. The topological polar surface area (TPSA) is 13.1 Å². The molecule has 0 unspecified atom stereocenters.